The van der Waals surface area contributed by atoms with Crippen molar-refractivity contribution in [2.24, 2.45) is 5.73 Å². The lowest BCUT2D eigenvalue weighted by atomic mass is 10.0. The highest BCUT2D eigenvalue weighted by Crippen LogP contribution is 2.24. The lowest BCUT2D eigenvalue weighted by Crippen LogP contribution is -2.41. The molecule has 0 spiro atoms. The first-order valence-electron chi connectivity index (χ1n) is 8.76. The van der Waals surface area contributed by atoms with Crippen LogP contribution < -0.4 is 16.4 Å². The van der Waals surface area contributed by atoms with Gasteiger partial charge in [0.05, 0.1) is 6.54 Å². The quantitative estimate of drug-likeness (QED) is 0.266. The smallest absolute Gasteiger partial charge is 0.399 e. The molecule has 0 aliphatic heterocycles. The minimum Gasteiger partial charge on any atom is -0.399 e. The van der Waals surface area contributed by atoms with Crippen LogP contribution in [0.15, 0.2) is 60.7 Å². The van der Waals surface area contributed by atoms with Crippen molar-refractivity contribution in [1.82, 2.24) is 0 Å². The van der Waals surface area contributed by atoms with Crippen LogP contribution in [0.4, 0.5) is 24.5 Å². The molecule has 0 heterocycles. The standard InChI is InChI=1S/C22H17F3N4O/c23-22(24,25)21(30)29(19-9-7-18(26)8-10-19)11-1-2-14-3-4-16-13-17(20(27)28)6-5-15(16)12-14/h3-10,12-13H,11,26H2,(H3,27,28). The molecule has 0 unspecified atom stereocenters. The summed E-state index contributed by atoms with van der Waals surface area (Å²) in [7, 11) is 0. The van der Waals surface area contributed by atoms with Crippen LogP contribution in [-0.2, 0) is 4.79 Å². The molecule has 8 heteroatoms. The number of benzene rings is 3. The van der Waals surface area contributed by atoms with Gasteiger partial charge in [-0.05, 0) is 53.2 Å². The van der Waals surface area contributed by atoms with E-state index in [2.05, 4.69) is 11.8 Å². The number of amides is 1. The normalized spacial score (nSPS) is 10.9. The molecule has 3 aromatic carbocycles. The van der Waals surface area contributed by atoms with E-state index >= 15 is 0 Å². The molecule has 5 N–H and O–H groups in total. The fourth-order valence-electron chi connectivity index (χ4n) is 2.80. The first-order chi connectivity index (χ1) is 14.1. The van der Waals surface area contributed by atoms with E-state index in [1.807, 2.05) is 0 Å². The third-order valence-electron chi connectivity index (χ3n) is 4.31. The Balaban J connectivity index is 1.87. The number of nitrogens with one attached hydrogen (secondary N) is 1. The summed E-state index contributed by atoms with van der Waals surface area (Å²) in [6, 6.07) is 16.0. The maximum absolute atomic E-state index is 13.0. The second-order valence-corrected chi connectivity index (χ2v) is 6.47. The van der Waals surface area contributed by atoms with Gasteiger partial charge in [0.2, 0.25) is 0 Å². The molecule has 0 fully saturated rings. The van der Waals surface area contributed by atoms with Crippen molar-refractivity contribution in [3.63, 3.8) is 0 Å². The molecule has 0 saturated carbocycles. The molecule has 0 atom stereocenters. The van der Waals surface area contributed by atoms with E-state index in [1.165, 1.54) is 24.3 Å². The topological polar surface area (TPSA) is 96.2 Å². The van der Waals surface area contributed by atoms with Crippen molar-refractivity contribution in [3.8, 4) is 11.8 Å². The number of fused-ring (bicyclic) bond motifs is 1. The maximum atomic E-state index is 13.0. The van der Waals surface area contributed by atoms with Crippen molar-refractivity contribution in [1.29, 1.82) is 5.41 Å². The number of carbonyl (C=O) groups is 1. The lowest BCUT2D eigenvalue weighted by molar-refractivity contribution is -0.170. The van der Waals surface area contributed by atoms with E-state index in [9.17, 15) is 18.0 Å². The molecule has 30 heavy (non-hydrogen) atoms. The summed E-state index contributed by atoms with van der Waals surface area (Å²) in [4.78, 5) is 12.4. The highest BCUT2D eigenvalue weighted by Gasteiger charge is 2.42. The molecular weight excluding hydrogens is 393 g/mol. The number of nitrogens with two attached hydrogens (primary N) is 2. The van der Waals surface area contributed by atoms with Gasteiger partial charge >= 0.3 is 12.1 Å². The summed E-state index contributed by atoms with van der Waals surface area (Å²) >= 11 is 0. The number of nitrogen functional groups attached to an aromatic ring is 2. The SMILES string of the molecule is N=C(N)c1ccc2cc(C#CCN(C(=O)C(F)(F)F)c3ccc(N)cc3)ccc2c1. The summed E-state index contributed by atoms with van der Waals surface area (Å²) in [5, 5.41) is 9.17. The Kier molecular flexibility index (Phi) is 5.65. The highest BCUT2D eigenvalue weighted by atomic mass is 19.4. The van der Waals surface area contributed by atoms with Crippen LogP contribution in [0.25, 0.3) is 10.8 Å². The average Bonchev–Trinajstić information content (AvgIpc) is 2.70. The zero-order chi connectivity index (χ0) is 21.9. The van der Waals surface area contributed by atoms with Gasteiger partial charge in [0.15, 0.2) is 0 Å². The van der Waals surface area contributed by atoms with Gasteiger partial charge in [-0.1, -0.05) is 30.0 Å². The van der Waals surface area contributed by atoms with Crippen LogP contribution >= 0.6 is 0 Å². The number of hydrogen-bond acceptors (Lipinski definition) is 3. The minimum atomic E-state index is -5.03. The summed E-state index contributed by atoms with van der Waals surface area (Å²) in [6.07, 6.45) is -5.03. The predicted molar refractivity (Wildman–Crippen MR) is 111 cm³/mol. The zero-order valence-electron chi connectivity index (χ0n) is 15.6. The molecular formula is C22H17F3N4O. The van der Waals surface area contributed by atoms with Gasteiger partial charge in [0, 0.05) is 22.5 Å². The van der Waals surface area contributed by atoms with Crippen LogP contribution in [-0.4, -0.2) is 24.5 Å². The Bertz CT molecular complexity index is 1170. The van der Waals surface area contributed by atoms with Crippen molar-refractivity contribution >= 4 is 33.9 Å². The fraction of sp³-hybridized carbons (Fsp3) is 0.0909. The molecule has 3 rings (SSSR count). The monoisotopic (exact) mass is 410 g/mol. The molecule has 0 radical (unpaired) electrons. The van der Waals surface area contributed by atoms with E-state index in [1.54, 1.807) is 36.4 Å². The lowest BCUT2D eigenvalue weighted by Gasteiger charge is -2.21. The Morgan fingerprint density at radius 1 is 1.00 bits per heavy atom. The van der Waals surface area contributed by atoms with Gasteiger partial charge in [0.25, 0.3) is 0 Å². The van der Waals surface area contributed by atoms with E-state index in [4.69, 9.17) is 16.9 Å². The number of halogens is 3. The van der Waals surface area contributed by atoms with Gasteiger partial charge in [-0.15, -0.1) is 0 Å². The Morgan fingerprint density at radius 3 is 2.27 bits per heavy atom. The molecule has 0 aromatic heterocycles. The molecule has 0 saturated heterocycles. The van der Waals surface area contributed by atoms with Crippen molar-refractivity contribution in [3.05, 3.63) is 71.8 Å². The van der Waals surface area contributed by atoms with Crippen molar-refractivity contribution < 1.29 is 18.0 Å². The third-order valence-corrected chi connectivity index (χ3v) is 4.31. The van der Waals surface area contributed by atoms with Crippen LogP contribution in [0.5, 0.6) is 0 Å². The average molecular weight is 410 g/mol. The van der Waals surface area contributed by atoms with Crippen LogP contribution in [0.1, 0.15) is 11.1 Å². The Morgan fingerprint density at radius 2 is 1.63 bits per heavy atom. The summed E-state index contributed by atoms with van der Waals surface area (Å²) in [5.41, 5.74) is 12.6. The number of anilines is 2. The number of nitrogens with zero attached hydrogens (tertiary/aromatic N) is 1. The van der Waals surface area contributed by atoms with Crippen molar-refractivity contribution in [2.45, 2.75) is 6.18 Å². The number of rotatable bonds is 3. The van der Waals surface area contributed by atoms with Gasteiger partial charge in [-0.2, -0.15) is 13.2 Å². The number of amidine groups is 1. The Hall–Kier alpha value is -3.99. The molecule has 3 aromatic rings. The molecule has 0 bridgehead atoms. The second-order valence-electron chi connectivity index (χ2n) is 6.47. The van der Waals surface area contributed by atoms with Crippen LogP contribution in [0, 0.1) is 17.3 Å². The predicted octanol–water partition coefficient (Wildman–Crippen LogP) is 3.65. The number of hydrogen-bond donors (Lipinski definition) is 3. The summed E-state index contributed by atoms with van der Waals surface area (Å²) in [6.45, 7) is -0.441. The van der Waals surface area contributed by atoms with Crippen molar-refractivity contribution in [2.75, 3.05) is 17.2 Å². The van der Waals surface area contributed by atoms with E-state index in [0.717, 1.165) is 10.8 Å². The van der Waals surface area contributed by atoms with Gasteiger partial charge in [-0.25, -0.2) is 0 Å². The fourth-order valence-corrected chi connectivity index (χ4v) is 2.80. The summed E-state index contributed by atoms with van der Waals surface area (Å²) < 4.78 is 39.0. The molecule has 5 nitrogen and oxygen atoms in total. The second kappa shape index (κ2) is 8.17. The third kappa shape index (κ3) is 4.70. The van der Waals surface area contributed by atoms with Crippen LogP contribution in [0.2, 0.25) is 0 Å². The number of carbonyl (C=O) groups excluding carboxylic acids is 1. The summed E-state index contributed by atoms with van der Waals surface area (Å²) in [5.74, 6) is 3.37. The van der Waals surface area contributed by atoms with Gasteiger partial charge in [0.1, 0.15) is 5.84 Å². The first kappa shape index (κ1) is 20.7. The van der Waals surface area contributed by atoms with E-state index < -0.39 is 18.6 Å². The van der Waals surface area contributed by atoms with E-state index in [0.29, 0.717) is 21.7 Å². The molecule has 0 aliphatic carbocycles. The maximum Gasteiger partial charge on any atom is 0.471 e. The largest absolute Gasteiger partial charge is 0.471 e. The van der Waals surface area contributed by atoms with E-state index in [-0.39, 0.29) is 11.5 Å². The van der Waals surface area contributed by atoms with Gasteiger partial charge < -0.3 is 11.5 Å². The van der Waals surface area contributed by atoms with Crippen LogP contribution in [0.3, 0.4) is 0 Å². The highest BCUT2D eigenvalue weighted by molar-refractivity contribution is 5.99. The zero-order valence-corrected chi connectivity index (χ0v) is 15.6. The Labute approximate surface area is 170 Å². The number of alkyl halides is 3. The molecule has 152 valence electrons. The first-order valence-corrected chi connectivity index (χ1v) is 8.76. The molecule has 0 aliphatic rings. The molecule has 1 amide bonds. The van der Waals surface area contributed by atoms with Gasteiger partial charge in [-0.3, -0.25) is 15.1 Å². The minimum absolute atomic E-state index is 0.0436.